The molecule has 24 heavy (non-hydrogen) atoms. The van der Waals surface area contributed by atoms with E-state index in [4.69, 9.17) is 0 Å². The Morgan fingerprint density at radius 2 is 1.54 bits per heavy atom. The lowest BCUT2D eigenvalue weighted by molar-refractivity contribution is 0.346. The summed E-state index contributed by atoms with van der Waals surface area (Å²) in [5.41, 5.74) is 0. The van der Waals surface area contributed by atoms with E-state index in [0.717, 1.165) is 19.3 Å². The van der Waals surface area contributed by atoms with Crippen LogP contribution in [0.1, 0.15) is 26.2 Å². The summed E-state index contributed by atoms with van der Waals surface area (Å²) in [6.45, 7) is 3.15. The fourth-order valence-electron chi connectivity index (χ4n) is 2.47. The van der Waals surface area contributed by atoms with Crippen molar-refractivity contribution in [2.24, 2.45) is 0 Å². The van der Waals surface area contributed by atoms with Crippen LogP contribution in [0.3, 0.4) is 0 Å². The van der Waals surface area contributed by atoms with Crippen LogP contribution in [0, 0.1) is 0 Å². The summed E-state index contributed by atoms with van der Waals surface area (Å²) in [7, 11) is -5.45. The van der Waals surface area contributed by atoms with Gasteiger partial charge in [-0.15, -0.1) is 0 Å². The zero-order valence-corrected chi connectivity index (χ0v) is 15.7. The largest absolute Gasteiger partial charge is 0.316 e. The molecule has 0 radical (unpaired) electrons. The Morgan fingerprint density at radius 3 is 2.08 bits per heavy atom. The smallest absolute Gasteiger partial charge is 0.243 e. The second-order valence-corrected chi connectivity index (χ2v) is 9.68. The summed E-state index contributed by atoms with van der Waals surface area (Å²) in [6, 6.07) is 5.39. The maximum Gasteiger partial charge on any atom is 0.243 e. The standard InChI is InChI=1S/C15H25N3O4S2/c1-13(16-2)12-17-23(19,20)14-6-8-15(9-7-14)24(21,22)18-10-4-3-5-11-18/h6-9,13,16-17H,3-5,10-12H2,1-2H3. The van der Waals surface area contributed by atoms with Crippen molar-refractivity contribution in [3.63, 3.8) is 0 Å². The molecule has 0 amide bonds. The number of sulfonamides is 2. The molecule has 136 valence electrons. The second kappa shape index (κ2) is 7.92. The average Bonchev–Trinajstić information content (AvgIpc) is 2.60. The molecule has 0 aliphatic carbocycles. The molecule has 7 nitrogen and oxygen atoms in total. The van der Waals surface area contributed by atoms with Crippen molar-refractivity contribution >= 4 is 20.0 Å². The Labute approximate surface area is 144 Å². The van der Waals surface area contributed by atoms with Crippen molar-refractivity contribution in [2.45, 2.75) is 42.0 Å². The van der Waals surface area contributed by atoms with Crippen LogP contribution in [-0.2, 0) is 20.0 Å². The SMILES string of the molecule is CNC(C)CNS(=O)(=O)c1ccc(S(=O)(=O)N2CCCCC2)cc1. The predicted octanol–water partition coefficient (Wildman–Crippen LogP) is 0.747. The zero-order valence-electron chi connectivity index (χ0n) is 14.0. The van der Waals surface area contributed by atoms with E-state index in [1.807, 2.05) is 6.92 Å². The molecule has 0 aromatic heterocycles. The molecule has 2 N–H and O–H groups in total. The van der Waals surface area contributed by atoms with E-state index < -0.39 is 20.0 Å². The third-order valence-electron chi connectivity index (χ3n) is 4.16. The third-order valence-corrected chi connectivity index (χ3v) is 7.51. The highest BCUT2D eigenvalue weighted by atomic mass is 32.2. The van der Waals surface area contributed by atoms with Crippen molar-refractivity contribution in [3.8, 4) is 0 Å². The first-order valence-electron chi connectivity index (χ1n) is 8.04. The Hall–Kier alpha value is -1.00. The van der Waals surface area contributed by atoms with Gasteiger partial charge in [-0.25, -0.2) is 21.6 Å². The summed E-state index contributed by atoms with van der Waals surface area (Å²) in [5.74, 6) is 0. The Morgan fingerprint density at radius 1 is 1.00 bits per heavy atom. The number of piperidine rings is 1. The van der Waals surface area contributed by atoms with Gasteiger partial charge in [-0.2, -0.15) is 4.31 Å². The fraction of sp³-hybridized carbons (Fsp3) is 0.600. The van der Waals surface area contributed by atoms with E-state index in [0.29, 0.717) is 13.1 Å². The molecule has 1 heterocycles. The highest BCUT2D eigenvalue weighted by molar-refractivity contribution is 7.89. The van der Waals surface area contributed by atoms with E-state index >= 15 is 0 Å². The van der Waals surface area contributed by atoms with Crippen LogP contribution in [0.15, 0.2) is 34.1 Å². The first-order chi connectivity index (χ1) is 11.3. The number of likely N-dealkylation sites (N-methyl/N-ethyl adjacent to an activating group) is 1. The van der Waals surface area contributed by atoms with Gasteiger partial charge in [0.05, 0.1) is 9.79 Å². The first-order valence-corrected chi connectivity index (χ1v) is 11.0. The lowest BCUT2D eigenvalue weighted by Crippen LogP contribution is -2.37. The minimum atomic E-state index is -3.65. The number of hydrogen-bond donors (Lipinski definition) is 2. The summed E-state index contributed by atoms with van der Waals surface area (Å²) in [5, 5.41) is 2.94. The van der Waals surface area contributed by atoms with Gasteiger partial charge in [-0.05, 0) is 51.1 Å². The average molecular weight is 376 g/mol. The van der Waals surface area contributed by atoms with Gasteiger partial charge in [0.2, 0.25) is 20.0 Å². The Kier molecular flexibility index (Phi) is 6.38. The van der Waals surface area contributed by atoms with Crippen molar-refractivity contribution in [1.29, 1.82) is 0 Å². The maximum absolute atomic E-state index is 12.6. The number of hydrogen-bond acceptors (Lipinski definition) is 5. The minimum absolute atomic E-state index is 0.00136. The molecule has 1 saturated heterocycles. The molecule has 2 rings (SSSR count). The van der Waals surface area contributed by atoms with Crippen molar-refractivity contribution in [1.82, 2.24) is 14.3 Å². The van der Waals surface area contributed by atoms with E-state index in [2.05, 4.69) is 10.0 Å². The van der Waals surface area contributed by atoms with Gasteiger partial charge in [-0.1, -0.05) is 6.42 Å². The minimum Gasteiger partial charge on any atom is -0.316 e. The fourth-order valence-corrected chi connectivity index (χ4v) is 5.11. The molecular weight excluding hydrogens is 350 g/mol. The lowest BCUT2D eigenvalue weighted by atomic mass is 10.2. The van der Waals surface area contributed by atoms with Crippen molar-refractivity contribution < 1.29 is 16.8 Å². The van der Waals surface area contributed by atoms with Gasteiger partial charge in [0.15, 0.2) is 0 Å². The molecule has 1 aromatic rings. The van der Waals surface area contributed by atoms with E-state index in [1.54, 1.807) is 7.05 Å². The number of benzene rings is 1. The van der Waals surface area contributed by atoms with Gasteiger partial charge in [-0.3, -0.25) is 0 Å². The molecule has 9 heteroatoms. The number of nitrogens with one attached hydrogen (secondary N) is 2. The molecule has 0 saturated carbocycles. The normalized spacial score (nSPS) is 18.4. The second-order valence-electron chi connectivity index (χ2n) is 5.98. The van der Waals surface area contributed by atoms with Crippen molar-refractivity contribution in [2.75, 3.05) is 26.7 Å². The molecule has 0 bridgehead atoms. The summed E-state index contributed by atoms with van der Waals surface area (Å²) >= 11 is 0. The van der Waals surface area contributed by atoms with Gasteiger partial charge in [0.1, 0.15) is 0 Å². The quantitative estimate of drug-likeness (QED) is 0.733. The van der Waals surface area contributed by atoms with Gasteiger partial charge >= 0.3 is 0 Å². The monoisotopic (exact) mass is 375 g/mol. The maximum atomic E-state index is 12.6. The molecule has 1 fully saturated rings. The number of rotatable bonds is 7. The lowest BCUT2D eigenvalue weighted by Gasteiger charge is -2.25. The van der Waals surface area contributed by atoms with Crippen LogP contribution in [0.25, 0.3) is 0 Å². The van der Waals surface area contributed by atoms with Crippen LogP contribution >= 0.6 is 0 Å². The predicted molar refractivity (Wildman–Crippen MR) is 92.8 cm³/mol. The van der Waals surface area contributed by atoms with E-state index in [1.165, 1.54) is 28.6 Å². The van der Waals surface area contributed by atoms with E-state index in [-0.39, 0.29) is 22.4 Å². The van der Waals surface area contributed by atoms with Crippen LogP contribution in [0.2, 0.25) is 0 Å². The molecule has 1 unspecified atom stereocenters. The summed E-state index contributed by atoms with van der Waals surface area (Å²) in [4.78, 5) is 0.190. The summed E-state index contributed by atoms with van der Waals surface area (Å²) < 4.78 is 53.5. The highest BCUT2D eigenvalue weighted by Crippen LogP contribution is 2.21. The molecular formula is C15H25N3O4S2. The topological polar surface area (TPSA) is 95.6 Å². The molecule has 1 aliphatic heterocycles. The van der Waals surface area contributed by atoms with Gasteiger partial charge in [0, 0.05) is 25.7 Å². The highest BCUT2D eigenvalue weighted by Gasteiger charge is 2.26. The zero-order chi connectivity index (χ0) is 17.8. The summed E-state index contributed by atoms with van der Waals surface area (Å²) in [6.07, 6.45) is 2.76. The van der Waals surface area contributed by atoms with Crippen LogP contribution < -0.4 is 10.0 Å². The molecule has 0 spiro atoms. The third kappa shape index (κ3) is 4.54. The van der Waals surface area contributed by atoms with E-state index in [9.17, 15) is 16.8 Å². The van der Waals surface area contributed by atoms with Crippen LogP contribution in [0.5, 0.6) is 0 Å². The molecule has 1 aliphatic rings. The Bertz CT molecular complexity index is 739. The first kappa shape index (κ1) is 19.3. The van der Waals surface area contributed by atoms with Gasteiger partial charge in [0.25, 0.3) is 0 Å². The Balaban J connectivity index is 2.15. The van der Waals surface area contributed by atoms with Crippen LogP contribution in [0.4, 0.5) is 0 Å². The van der Waals surface area contributed by atoms with Crippen molar-refractivity contribution in [3.05, 3.63) is 24.3 Å². The van der Waals surface area contributed by atoms with Crippen LogP contribution in [-0.4, -0.2) is 53.9 Å². The molecule has 1 atom stereocenters. The number of nitrogens with zero attached hydrogens (tertiary/aromatic N) is 1. The van der Waals surface area contributed by atoms with Gasteiger partial charge < -0.3 is 5.32 Å². The molecule has 1 aromatic carbocycles.